The Kier molecular flexibility index (Phi) is 3.43. The first-order valence-electron chi connectivity index (χ1n) is 5.46. The van der Waals surface area contributed by atoms with Gasteiger partial charge in [0, 0.05) is 22.8 Å². The molecule has 0 N–H and O–H groups in total. The Morgan fingerprint density at radius 2 is 2.18 bits per heavy atom. The van der Waals surface area contributed by atoms with Crippen molar-refractivity contribution < 1.29 is 4.79 Å². The molecule has 1 aromatic heterocycles. The van der Waals surface area contributed by atoms with E-state index in [0.717, 1.165) is 15.6 Å². The highest BCUT2D eigenvalue weighted by atomic mass is 79.9. The summed E-state index contributed by atoms with van der Waals surface area (Å²) >= 11 is 3.39. The molecule has 0 fully saturated rings. The molecular formula is C13H13BrN2O. The quantitative estimate of drug-likeness (QED) is 0.814. The number of hydrogen-bond donors (Lipinski definition) is 0. The fourth-order valence-electron chi connectivity index (χ4n) is 1.80. The molecule has 0 spiro atoms. The van der Waals surface area contributed by atoms with E-state index in [9.17, 15) is 4.79 Å². The summed E-state index contributed by atoms with van der Waals surface area (Å²) in [7, 11) is 0. The van der Waals surface area contributed by atoms with Crippen molar-refractivity contribution in [2.45, 2.75) is 20.4 Å². The van der Waals surface area contributed by atoms with Crippen molar-refractivity contribution in [2.75, 3.05) is 0 Å². The summed E-state index contributed by atoms with van der Waals surface area (Å²) in [6, 6.07) is 7.43. The highest BCUT2D eigenvalue weighted by Crippen LogP contribution is 2.18. The van der Waals surface area contributed by atoms with Gasteiger partial charge in [-0.3, -0.25) is 9.48 Å². The van der Waals surface area contributed by atoms with Crippen molar-refractivity contribution >= 4 is 21.7 Å². The molecule has 0 saturated heterocycles. The smallest absolute Gasteiger partial charge is 0.211 e. The Morgan fingerprint density at radius 3 is 2.82 bits per heavy atom. The van der Waals surface area contributed by atoms with Crippen LogP contribution in [0.15, 0.2) is 34.9 Å². The number of aryl methyl sites for hydroxylation is 2. The zero-order valence-corrected chi connectivity index (χ0v) is 11.4. The molecule has 0 unspecified atom stereocenters. The van der Waals surface area contributed by atoms with Gasteiger partial charge in [0.1, 0.15) is 5.69 Å². The van der Waals surface area contributed by atoms with Crippen LogP contribution < -0.4 is 0 Å². The van der Waals surface area contributed by atoms with Gasteiger partial charge in [0.05, 0.1) is 0 Å². The number of carbonyl (C=O) groups is 1. The lowest BCUT2D eigenvalue weighted by molar-refractivity contribution is 0.102. The van der Waals surface area contributed by atoms with E-state index >= 15 is 0 Å². The molecule has 0 aliphatic rings. The first kappa shape index (κ1) is 12.0. The fourth-order valence-corrected chi connectivity index (χ4v) is 2.27. The first-order valence-corrected chi connectivity index (χ1v) is 6.25. The van der Waals surface area contributed by atoms with Crippen LogP contribution in [-0.4, -0.2) is 15.6 Å². The second kappa shape index (κ2) is 4.84. The van der Waals surface area contributed by atoms with Crippen LogP contribution in [0.5, 0.6) is 0 Å². The Morgan fingerprint density at radius 1 is 1.41 bits per heavy atom. The van der Waals surface area contributed by atoms with Crippen LogP contribution in [0.3, 0.4) is 0 Å². The third kappa shape index (κ3) is 2.31. The molecule has 4 heteroatoms. The molecule has 0 atom stereocenters. The number of ketones is 1. The van der Waals surface area contributed by atoms with Crippen LogP contribution in [0.2, 0.25) is 0 Å². The van der Waals surface area contributed by atoms with Crippen LogP contribution in [0.1, 0.15) is 28.5 Å². The standard InChI is InChI=1S/C13H13BrN2O/c1-3-16-12(6-7-15-16)13(17)11-5-4-10(14)8-9(11)2/h4-8H,3H2,1-2H3. The lowest BCUT2D eigenvalue weighted by Crippen LogP contribution is -2.11. The highest BCUT2D eigenvalue weighted by molar-refractivity contribution is 9.10. The predicted molar refractivity (Wildman–Crippen MR) is 70.2 cm³/mol. The molecule has 1 aromatic carbocycles. The zero-order chi connectivity index (χ0) is 12.4. The summed E-state index contributed by atoms with van der Waals surface area (Å²) in [6.07, 6.45) is 1.66. The highest BCUT2D eigenvalue weighted by Gasteiger charge is 2.15. The van der Waals surface area contributed by atoms with E-state index in [1.54, 1.807) is 16.9 Å². The molecule has 0 bridgehead atoms. The van der Waals surface area contributed by atoms with Crippen LogP contribution in [0.25, 0.3) is 0 Å². The molecular weight excluding hydrogens is 280 g/mol. The third-order valence-corrected chi connectivity index (χ3v) is 3.18. The maximum atomic E-state index is 12.3. The number of aromatic nitrogens is 2. The summed E-state index contributed by atoms with van der Waals surface area (Å²) in [5, 5.41) is 4.12. The van der Waals surface area contributed by atoms with E-state index in [0.29, 0.717) is 12.2 Å². The van der Waals surface area contributed by atoms with Crippen molar-refractivity contribution in [3.8, 4) is 0 Å². The molecule has 17 heavy (non-hydrogen) atoms. The molecule has 88 valence electrons. The Balaban J connectivity index is 2.44. The second-order valence-corrected chi connectivity index (χ2v) is 4.74. The third-order valence-electron chi connectivity index (χ3n) is 2.68. The fraction of sp³-hybridized carbons (Fsp3) is 0.231. The predicted octanol–water partition coefficient (Wildman–Crippen LogP) is 3.20. The lowest BCUT2D eigenvalue weighted by Gasteiger charge is -2.07. The molecule has 0 radical (unpaired) electrons. The zero-order valence-electron chi connectivity index (χ0n) is 9.77. The van der Waals surface area contributed by atoms with Crippen molar-refractivity contribution in [3.05, 3.63) is 51.8 Å². The van der Waals surface area contributed by atoms with Crippen LogP contribution >= 0.6 is 15.9 Å². The largest absolute Gasteiger partial charge is 0.287 e. The van der Waals surface area contributed by atoms with E-state index in [-0.39, 0.29) is 5.78 Å². The maximum Gasteiger partial charge on any atom is 0.211 e. The van der Waals surface area contributed by atoms with Gasteiger partial charge in [-0.2, -0.15) is 5.10 Å². The Labute approximate surface area is 109 Å². The number of benzene rings is 1. The van der Waals surface area contributed by atoms with Crippen molar-refractivity contribution in [1.82, 2.24) is 9.78 Å². The van der Waals surface area contributed by atoms with Gasteiger partial charge >= 0.3 is 0 Å². The van der Waals surface area contributed by atoms with E-state index in [1.165, 1.54) is 0 Å². The van der Waals surface area contributed by atoms with E-state index in [2.05, 4.69) is 21.0 Å². The van der Waals surface area contributed by atoms with Crippen LogP contribution in [0, 0.1) is 6.92 Å². The minimum atomic E-state index is 0.0225. The molecule has 0 saturated carbocycles. The molecule has 2 aromatic rings. The van der Waals surface area contributed by atoms with Gasteiger partial charge in [-0.15, -0.1) is 0 Å². The van der Waals surface area contributed by atoms with Gasteiger partial charge in [0.25, 0.3) is 0 Å². The van der Waals surface area contributed by atoms with Crippen LogP contribution in [0.4, 0.5) is 0 Å². The van der Waals surface area contributed by atoms with Gasteiger partial charge in [0.15, 0.2) is 0 Å². The van der Waals surface area contributed by atoms with Gasteiger partial charge in [0.2, 0.25) is 5.78 Å². The van der Waals surface area contributed by atoms with E-state index < -0.39 is 0 Å². The SMILES string of the molecule is CCn1nccc1C(=O)c1ccc(Br)cc1C. The summed E-state index contributed by atoms with van der Waals surface area (Å²) in [5.74, 6) is 0.0225. The monoisotopic (exact) mass is 292 g/mol. The van der Waals surface area contributed by atoms with Gasteiger partial charge < -0.3 is 0 Å². The number of carbonyl (C=O) groups excluding carboxylic acids is 1. The average Bonchev–Trinajstić information content (AvgIpc) is 2.76. The average molecular weight is 293 g/mol. The molecule has 0 amide bonds. The van der Waals surface area contributed by atoms with E-state index in [4.69, 9.17) is 0 Å². The molecule has 0 aliphatic carbocycles. The summed E-state index contributed by atoms with van der Waals surface area (Å²) < 4.78 is 2.69. The van der Waals surface area contributed by atoms with Gasteiger partial charge in [-0.25, -0.2) is 0 Å². The summed E-state index contributed by atoms with van der Waals surface area (Å²) in [5.41, 5.74) is 2.33. The van der Waals surface area contributed by atoms with E-state index in [1.807, 2.05) is 32.0 Å². The van der Waals surface area contributed by atoms with Crippen molar-refractivity contribution in [1.29, 1.82) is 0 Å². The number of nitrogens with zero attached hydrogens (tertiary/aromatic N) is 2. The topological polar surface area (TPSA) is 34.9 Å². The van der Waals surface area contributed by atoms with Gasteiger partial charge in [-0.1, -0.05) is 15.9 Å². The lowest BCUT2D eigenvalue weighted by atomic mass is 10.0. The second-order valence-electron chi connectivity index (χ2n) is 3.82. The number of halogens is 1. The van der Waals surface area contributed by atoms with Crippen molar-refractivity contribution in [2.24, 2.45) is 0 Å². The van der Waals surface area contributed by atoms with Crippen molar-refractivity contribution in [3.63, 3.8) is 0 Å². The molecule has 0 aliphatic heterocycles. The van der Waals surface area contributed by atoms with Crippen LogP contribution in [-0.2, 0) is 6.54 Å². The minimum absolute atomic E-state index is 0.0225. The van der Waals surface area contributed by atoms with Gasteiger partial charge in [-0.05, 0) is 43.7 Å². The summed E-state index contributed by atoms with van der Waals surface area (Å²) in [4.78, 5) is 12.3. The maximum absolute atomic E-state index is 12.3. The number of hydrogen-bond acceptors (Lipinski definition) is 2. The molecule has 1 heterocycles. The number of rotatable bonds is 3. The first-order chi connectivity index (χ1) is 8.13. The Bertz CT molecular complexity index is 560. The summed E-state index contributed by atoms with van der Waals surface area (Å²) in [6.45, 7) is 4.60. The minimum Gasteiger partial charge on any atom is -0.287 e. The molecule has 3 nitrogen and oxygen atoms in total. The Hall–Kier alpha value is -1.42. The normalized spacial score (nSPS) is 10.5. The molecule has 2 rings (SSSR count).